The highest BCUT2D eigenvalue weighted by Crippen LogP contribution is 1.98. The van der Waals surface area contributed by atoms with E-state index in [1.807, 2.05) is 0 Å². The number of aliphatic hydroxyl groups is 1. The molecule has 0 saturated carbocycles. The topological polar surface area (TPSA) is 58.6 Å². The molecule has 0 aliphatic heterocycles. The Labute approximate surface area is 97.7 Å². The summed E-state index contributed by atoms with van der Waals surface area (Å²) in [6.45, 7) is 7.44. The van der Waals surface area contributed by atoms with Crippen LogP contribution in [0.25, 0.3) is 0 Å². The number of aliphatic hydroxyl groups excluding tert-OH is 1. The fourth-order valence-corrected chi connectivity index (χ4v) is 1.26. The van der Waals surface area contributed by atoms with Crippen LogP contribution in [-0.2, 0) is 9.53 Å². The molecule has 0 fully saturated rings. The average molecular weight is 229 g/mol. The molecule has 0 aromatic carbocycles. The van der Waals surface area contributed by atoms with Crippen molar-refractivity contribution in [2.45, 2.75) is 32.6 Å². The van der Waals surface area contributed by atoms with Crippen LogP contribution in [-0.4, -0.2) is 37.4 Å². The number of nitrogens with one attached hydrogen (secondary N) is 1. The fourth-order valence-electron chi connectivity index (χ4n) is 1.26. The SMILES string of the molecule is C=C(CNCCCCCCO)C(=O)OCC. The third-order valence-corrected chi connectivity index (χ3v) is 2.16. The van der Waals surface area contributed by atoms with Crippen LogP contribution in [0, 0.1) is 0 Å². The maximum Gasteiger partial charge on any atom is 0.334 e. The molecule has 0 aromatic heterocycles. The quantitative estimate of drug-likeness (QED) is 0.336. The van der Waals surface area contributed by atoms with E-state index in [4.69, 9.17) is 9.84 Å². The normalized spacial score (nSPS) is 10.1. The zero-order chi connectivity index (χ0) is 12.2. The van der Waals surface area contributed by atoms with Crippen molar-refractivity contribution in [3.63, 3.8) is 0 Å². The summed E-state index contributed by atoms with van der Waals surface area (Å²) in [4.78, 5) is 11.2. The first-order valence-corrected chi connectivity index (χ1v) is 5.88. The molecule has 0 aliphatic rings. The van der Waals surface area contributed by atoms with E-state index in [2.05, 4.69) is 11.9 Å². The van der Waals surface area contributed by atoms with E-state index in [1.165, 1.54) is 0 Å². The van der Waals surface area contributed by atoms with E-state index < -0.39 is 0 Å². The average Bonchev–Trinajstić information content (AvgIpc) is 2.28. The monoisotopic (exact) mass is 229 g/mol. The molecule has 0 unspecified atom stereocenters. The number of hydrogen-bond donors (Lipinski definition) is 2. The number of hydrogen-bond acceptors (Lipinski definition) is 4. The minimum absolute atomic E-state index is 0.271. The molecule has 16 heavy (non-hydrogen) atoms. The van der Waals surface area contributed by atoms with Gasteiger partial charge in [-0.15, -0.1) is 0 Å². The van der Waals surface area contributed by atoms with E-state index in [0.29, 0.717) is 18.7 Å². The van der Waals surface area contributed by atoms with Gasteiger partial charge in [0, 0.05) is 18.7 Å². The van der Waals surface area contributed by atoms with Crippen molar-refractivity contribution in [3.05, 3.63) is 12.2 Å². The highest BCUT2D eigenvalue weighted by molar-refractivity contribution is 5.88. The van der Waals surface area contributed by atoms with Gasteiger partial charge < -0.3 is 15.2 Å². The maximum absolute atomic E-state index is 11.2. The molecule has 0 saturated heterocycles. The van der Waals surface area contributed by atoms with Crippen molar-refractivity contribution in [2.75, 3.05) is 26.3 Å². The zero-order valence-corrected chi connectivity index (χ0v) is 10.1. The van der Waals surface area contributed by atoms with E-state index in [-0.39, 0.29) is 12.6 Å². The molecule has 2 N–H and O–H groups in total. The summed E-state index contributed by atoms with van der Waals surface area (Å²) >= 11 is 0. The van der Waals surface area contributed by atoms with Gasteiger partial charge in [-0.2, -0.15) is 0 Å². The molecule has 0 radical (unpaired) electrons. The lowest BCUT2D eigenvalue weighted by Gasteiger charge is -2.06. The summed E-state index contributed by atoms with van der Waals surface area (Å²) in [5.74, 6) is -0.324. The molecule has 0 heterocycles. The van der Waals surface area contributed by atoms with Gasteiger partial charge in [0.25, 0.3) is 0 Å². The molecule has 0 aromatic rings. The van der Waals surface area contributed by atoms with Crippen LogP contribution in [0.4, 0.5) is 0 Å². The van der Waals surface area contributed by atoms with Gasteiger partial charge in [-0.3, -0.25) is 0 Å². The fraction of sp³-hybridized carbons (Fsp3) is 0.750. The molecule has 0 aliphatic carbocycles. The number of carbonyl (C=O) groups excluding carboxylic acids is 1. The number of rotatable bonds is 10. The second-order valence-electron chi connectivity index (χ2n) is 3.64. The van der Waals surface area contributed by atoms with Crippen molar-refractivity contribution in [1.82, 2.24) is 5.32 Å². The molecule has 4 heteroatoms. The Morgan fingerprint density at radius 3 is 2.62 bits per heavy atom. The van der Waals surface area contributed by atoms with Crippen molar-refractivity contribution < 1.29 is 14.6 Å². The standard InChI is InChI=1S/C12H23NO3/c1-3-16-12(15)11(2)10-13-8-6-4-5-7-9-14/h13-14H,2-10H2,1H3. The van der Waals surface area contributed by atoms with Gasteiger partial charge in [-0.25, -0.2) is 4.79 Å². The lowest BCUT2D eigenvalue weighted by molar-refractivity contribution is -0.138. The molecule has 0 atom stereocenters. The van der Waals surface area contributed by atoms with Crippen LogP contribution < -0.4 is 5.32 Å². The Morgan fingerprint density at radius 2 is 2.00 bits per heavy atom. The third-order valence-electron chi connectivity index (χ3n) is 2.16. The highest BCUT2D eigenvalue weighted by atomic mass is 16.5. The van der Waals surface area contributed by atoms with Gasteiger partial charge in [0.15, 0.2) is 0 Å². The van der Waals surface area contributed by atoms with Gasteiger partial charge >= 0.3 is 5.97 Å². The largest absolute Gasteiger partial charge is 0.463 e. The zero-order valence-electron chi connectivity index (χ0n) is 10.1. The number of carbonyl (C=O) groups is 1. The minimum atomic E-state index is -0.324. The predicted molar refractivity (Wildman–Crippen MR) is 64.2 cm³/mol. The van der Waals surface area contributed by atoms with Crippen LogP contribution >= 0.6 is 0 Å². The molecular formula is C12H23NO3. The first-order valence-electron chi connectivity index (χ1n) is 5.88. The Balaban J connectivity index is 3.31. The predicted octanol–water partition coefficient (Wildman–Crippen LogP) is 1.25. The van der Waals surface area contributed by atoms with Crippen LogP contribution in [0.15, 0.2) is 12.2 Å². The highest BCUT2D eigenvalue weighted by Gasteiger charge is 2.05. The molecule has 0 spiro atoms. The number of esters is 1. The van der Waals surface area contributed by atoms with Crippen molar-refractivity contribution >= 4 is 5.97 Å². The van der Waals surface area contributed by atoms with Crippen molar-refractivity contribution in [2.24, 2.45) is 0 Å². The summed E-state index contributed by atoms with van der Waals surface area (Å²) in [5.41, 5.74) is 0.470. The smallest absolute Gasteiger partial charge is 0.334 e. The van der Waals surface area contributed by atoms with E-state index in [1.54, 1.807) is 6.92 Å². The van der Waals surface area contributed by atoms with Crippen molar-refractivity contribution in [1.29, 1.82) is 0 Å². The van der Waals surface area contributed by atoms with Crippen LogP contribution in [0.1, 0.15) is 32.6 Å². The first-order chi connectivity index (χ1) is 7.72. The van der Waals surface area contributed by atoms with Gasteiger partial charge in [-0.05, 0) is 26.3 Å². The van der Waals surface area contributed by atoms with Gasteiger partial charge in [0.05, 0.1) is 6.61 Å². The Morgan fingerprint density at radius 1 is 1.31 bits per heavy atom. The molecule has 0 amide bonds. The second kappa shape index (κ2) is 10.6. The summed E-state index contributed by atoms with van der Waals surface area (Å²) < 4.78 is 4.81. The number of unbranched alkanes of at least 4 members (excludes halogenated alkanes) is 3. The summed E-state index contributed by atoms with van der Waals surface area (Å²) in [5, 5.41) is 11.7. The second-order valence-corrected chi connectivity index (χ2v) is 3.64. The summed E-state index contributed by atoms with van der Waals surface area (Å²) in [6.07, 6.45) is 4.07. The Hall–Kier alpha value is -0.870. The summed E-state index contributed by atoms with van der Waals surface area (Å²) in [7, 11) is 0. The Kier molecular flexibility index (Phi) is 10.1. The molecule has 4 nitrogen and oxygen atoms in total. The molecule has 94 valence electrons. The lowest BCUT2D eigenvalue weighted by atomic mass is 10.2. The molecule has 0 rings (SSSR count). The van der Waals surface area contributed by atoms with E-state index in [0.717, 1.165) is 32.2 Å². The van der Waals surface area contributed by atoms with E-state index in [9.17, 15) is 4.79 Å². The minimum Gasteiger partial charge on any atom is -0.463 e. The van der Waals surface area contributed by atoms with Gasteiger partial charge in [0.1, 0.15) is 0 Å². The number of ether oxygens (including phenoxy) is 1. The molecule has 0 bridgehead atoms. The van der Waals surface area contributed by atoms with Crippen LogP contribution in [0.5, 0.6) is 0 Å². The first kappa shape index (κ1) is 15.1. The van der Waals surface area contributed by atoms with Crippen LogP contribution in [0.2, 0.25) is 0 Å². The summed E-state index contributed by atoms with van der Waals surface area (Å²) in [6, 6.07) is 0. The van der Waals surface area contributed by atoms with E-state index >= 15 is 0 Å². The third kappa shape index (κ3) is 8.44. The Bertz CT molecular complexity index is 204. The van der Waals surface area contributed by atoms with Gasteiger partial charge in [-0.1, -0.05) is 19.4 Å². The maximum atomic E-state index is 11.2. The van der Waals surface area contributed by atoms with Gasteiger partial charge in [0.2, 0.25) is 0 Å². The molecular weight excluding hydrogens is 206 g/mol. The van der Waals surface area contributed by atoms with Crippen molar-refractivity contribution in [3.8, 4) is 0 Å². The lowest BCUT2D eigenvalue weighted by Crippen LogP contribution is -2.22. The van der Waals surface area contributed by atoms with Crippen LogP contribution in [0.3, 0.4) is 0 Å².